The Morgan fingerprint density at radius 2 is 1.80 bits per heavy atom. The van der Waals surface area contributed by atoms with Crippen LogP contribution in [-0.4, -0.2) is 43.1 Å². The van der Waals surface area contributed by atoms with Crippen molar-refractivity contribution in [1.29, 1.82) is 0 Å². The van der Waals surface area contributed by atoms with E-state index in [-0.39, 0.29) is 0 Å². The highest BCUT2D eigenvalue weighted by Gasteiger charge is 2.15. The molecule has 0 radical (unpaired) electrons. The number of rotatable bonds is 1. The number of aryl methyl sites for hydroxylation is 1. The van der Waals surface area contributed by atoms with Gasteiger partial charge in [0.1, 0.15) is 0 Å². The van der Waals surface area contributed by atoms with E-state index in [9.17, 15) is 0 Å². The monoisotopic (exact) mass is 227 g/mol. The Hall–Kier alpha value is -0.610. The van der Waals surface area contributed by atoms with Gasteiger partial charge in [-0.2, -0.15) is 0 Å². The van der Waals surface area contributed by atoms with Crippen LogP contribution in [0.15, 0.2) is 5.38 Å². The van der Waals surface area contributed by atoms with Crippen molar-refractivity contribution in [2.75, 3.05) is 38.1 Å². The molecular formula is C11H21N3S. The van der Waals surface area contributed by atoms with Crippen molar-refractivity contribution >= 4 is 16.5 Å². The fourth-order valence-electron chi connectivity index (χ4n) is 1.48. The Balaban J connectivity index is 0.000000531. The van der Waals surface area contributed by atoms with E-state index < -0.39 is 0 Å². The van der Waals surface area contributed by atoms with Crippen LogP contribution in [0.3, 0.4) is 0 Å². The van der Waals surface area contributed by atoms with Gasteiger partial charge in [0.15, 0.2) is 5.13 Å². The van der Waals surface area contributed by atoms with Crippen LogP contribution in [-0.2, 0) is 0 Å². The van der Waals surface area contributed by atoms with E-state index in [1.807, 2.05) is 13.8 Å². The van der Waals surface area contributed by atoms with Gasteiger partial charge in [0.2, 0.25) is 0 Å². The highest BCUT2D eigenvalue weighted by Crippen LogP contribution is 2.20. The molecule has 1 saturated heterocycles. The number of piperazine rings is 1. The molecule has 0 unspecified atom stereocenters. The van der Waals surface area contributed by atoms with Crippen LogP contribution in [0.5, 0.6) is 0 Å². The first kappa shape index (κ1) is 12.5. The molecule has 0 spiro atoms. The van der Waals surface area contributed by atoms with Crippen molar-refractivity contribution in [3.63, 3.8) is 0 Å². The summed E-state index contributed by atoms with van der Waals surface area (Å²) in [6.07, 6.45) is 0. The maximum atomic E-state index is 4.49. The fourth-order valence-corrected chi connectivity index (χ4v) is 2.34. The fraction of sp³-hybridized carbons (Fsp3) is 0.727. The van der Waals surface area contributed by atoms with Crippen molar-refractivity contribution in [3.05, 3.63) is 11.1 Å². The number of nitrogens with zero attached hydrogens (tertiary/aromatic N) is 3. The molecule has 1 aliphatic heterocycles. The van der Waals surface area contributed by atoms with Crippen LogP contribution in [0.4, 0.5) is 5.13 Å². The van der Waals surface area contributed by atoms with Crippen molar-refractivity contribution < 1.29 is 0 Å². The molecule has 1 aromatic heterocycles. The first-order valence-corrected chi connectivity index (χ1v) is 6.49. The van der Waals surface area contributed by atoms with Gasteiger partial charge >= 0.3 is 0 Å². The zero-order valence-electron chi connectivity index (χ0n) is 10.2. The van der Waals surface area contributed by atoms with Gasteiger partial charge in [-0.05, 0) is 14.0 Å². The number of aromatic nitrogens is 1. The lowest BCUT2D eigenvalue weighted by molar-refractivity contribution is 0.312. The molecule has 4 heteroatoms. The van der Waals surface area contributed by atoms with Gasteiger partial charge in [0.05, 0.1) is 5.69 Å². The van der Waals surface area contributed by atoms with Crippen molar-refractivity contribution in [2.45, 2.75) is 20.8 Å². The molecule has 0 saturated carbocycles. The molecule has 0 N–H and O–H groups in total. The highest BCUT2D eigenvalue weighted by molar-refractivity contribution is 7.13. The number of hydrogen-bond acceptors (Lipinski definition) is 4. The molecule has 0 atom stereocenters. The SMILES string of the molecule is CC.Cc1csc(N2CCN(C)CC2)n1. The van der Waals surface area contributed by atoms with Gasteiger partial charge in [0, 0.05) is 31.6 Å². The van der Waals surface area contributed by atoms with E-state index in [0.717, 1.165) is 31.9 Å². The lowest BCUT2D eigenvalue weighted by Gasteiger charge is -2.32. The Morgan fingerprint density at radius 1 is 1.20 bits per heavy atom. The molecule has 2 rings (SSSR count). The molecule has 86 valence electrons. The minimum atomic E-state index is 1.11. The maximum Gasteiger partial charge on any atom is 0.185 e. The molecule has 0 bridgehead atoms. The summed E-state index contributed by atoms with van der Waals surface area (Å²) in [5.41, 5.74) is 1.14. The maximum absolute atomic E-state index is 4.49. The summed E-state index contributed by atoms with van der Waals surface area (Å²) in [6.45, 7) is 10.6. The smallest absolute Gasteiger partial charge is 0.185 e. The summed E-state index contributed by atoms with van der Waals surface area (Å²) < 4.78 is 0. The Bertz CT molecular complexity index is 277. The predicted molar refractivity (Wildman–Crippen MR) is 67.9 cm³/mol. The van der Waals surface area contributed by atoms with Crippen LogP contribution in [0.2, 0.25) is 0 Å². The standard InChI is InChI=1S/C9H15N3S.C2H6/c1-8-7-13-9(10-8)12-5-3-11(2)4-6-12;1-2/h7H,3-6H2,1-2H3;1-2H3. The topological polar surface area (TPSA) is 19.4 Å². The van der Waals surface area contributed by atoms with Crippen LogP contribution < -0.4 is 4.90 Å². The minimum Gasteiger partial charge on any atom is -0.346 e. The van der Waals surface area contributed by atoms with Gasteiger partial charge in [-0.15, -0.1) is 11.3 Å². The zero-order chi connectivity index (χ0) is 11.3. The predicted octanol–water partition coefficient (Wildman–Crippen LogP) is 2.23. The molecule has 0 aromatic carbocycles. The second kappa shape index (κ2) is 6.08. The molecule has 1 fully saturated rings. The van der Waals surface area contributed by atoms with E-state index in [4.69, 9.17) is 0 Å². The van der Waals surface area contributed by atoms with Crippen molar-refractivity contribution in [3.8, 4) is 0 Å². The normalized spacial score (nSPS) is 17.2. The number of thiazole rings is 1. The first-order chi connectivity index (χ1) is 7.25. The Morgan fingerprint density at radius 3 is 2.27 bits per heavy atom. The van der Waals surface area contributed by atoms with Gasteiger partial charge in [-0.3, -0.25) is 0 Å². The number of likely N-dealkylation sites (N-methyl/N-ethyl adjacent to an activating group) is 1. The minimum absolute atomic E-state index is 1.11. The quantitative estimate of drug-likeness (QED) is 0.733. The van der Waals surface area contributed by atoms with E-state index in [0.29, 0.717) is 0 Å². The third kappa shape index (κ3) is 3.47. The van der Waals surface area contributed by atoms with Gasteiger partial charge in [-0.1, -0.05) is 13.8 Å². The average Bonchev–Trinajstić information content (AvgIpc) is 2.69. The number of hydrogen-bond donors (Lipinski definition) is 0. The average molecular weight is 227 g/mol. The summed E-state index contributed by atoms with van der Waals surface area (Å²) in [5, 5.41) is 3.30. The van der Waals surface area contributed by atoms with Crippen molar-refractivity contribution in [2.24, 2.45) is 0 Å². The van der Waals surface area contributed by atoms with Gasteiger partial charge in [-0.25, -0.2) is 4.98 Å². The second-order valence-electron chi connectivity index (χ2n) is 3.56. The molecule has 0 amide bonds. The molecular weight excluding hydrogens is 206 g/mol. The Labute approximate surface area is 96.7 Å². The van der Waals surface area contributed by atoms with E-state index in [1.54, 1.807) is 11.3 Å². The summed E-state index contributed by atoms with van der Waals surface area (Å²) in [5.74, 6) is 0. The van der Waals surface area contributed by atoms with E-state index in [2.05, 4.69) is 34.1 Å². The van der Waals surface area contributed by atoms with Crippen LogP contribution >= 0.6 is 11.3 Å². The number of anilines is 1. The second-order valence-corrected chi connectivity index (χ2v) is 4.40. The first-order valence-electron chi connectivity index (χ1n) is 5.61. The molecule has 1 aliphatic rings. The zero-order valence-corrected chi connectivity index (χ0v) is 11.0. The van der Waals surface area contributed by atoms with E-state index in [1.165, 1.54) is 5.13 Å². The third-order valence-electron chi connectivity index (χ3n) is 2.38. The van der Waals surface area contributed by atoms with E-state index >= 15 is 0 Å². The molecule has 1 aromatic rings. The summed E-state index contributed by atoms with van der Waals surface area (Å²) in [6, 6.07) is 0. The Kier molecular flexibility index (Phi) is 5.05. The highest BCUT2D eigenvalue weighted by atomic mass is 32.1. The molecule has 15 heavy (non-hydrogen) atoms. The third-order valence-corrected chi connectivity index (χ3v) is 3.40. The summed E-state index contributed by atoms with van der Waals surface area (Å²) >= 11 is 1.75. The van der Waals surface area contributed by atoms with Crippen LogP contribution in [0.1, 0.15) is 19.5 Å². The summed E-state index contributed by atoms with van der Waals surface area (Å²) in [4.78, 5) is 9.22. The molecule has 3 nitrogen and oxygen atoms in total. The van der Waals surface area contributed by atoms with Gasteiger partial charge in [0.25, 0.3) is 0 Å². The molecule has 0 aliphatic carbocycles. The largest absolute Gasteiger partial charge is 0.346 e. The lowest BCUT2D eigenvalue weighted by atomic mass is 10.3. The lowest BCUT2D eigenvalue weighted by Crippen LogP contribution is -2.44. The van der Waals surface area contributed by atoms with Crippen molar-refractivity contribution in [1.82, 2.24) is 9.88 Å². The molecule has 2 heterocycles. The summed E-state index contributed by atoms with van der Waals surface area (Å²) in [7, 11) is 2.17. The van der Waals surface area contributed by atoms with Crippen LogP contribution in [0.25, 0.3) is 0 Å². The van der Waals surface area contributed by atoms with Gasteiger partial charge < -0.3 is 9.80 Å². The van der Waals surface area contributed by atoms with Crippen LogP contribution in [0, 0.1) is 6.92 Å².